The van der Waals surface area contributed by atoms with Crippen LogP contribution in [0.1, 0.15) is 43.7 Å². The number of rotatable bonds is 1. The van der Waals surface area contributed by atoms with Crippen LogP contribution in [0.25, 0.3) is 0 Å². The molecule has 1 aliphatic rings. The summed E-state index contributed by atoms with van der Waals surface area (Å²) in [7, 11) is 0. The van der Waals surface area contributed by atoms with Crippen LogP contribution in [0.15, 0.2) is 12.3 Å². The highest BCUT2D eigenvalue weighted by molar-refractivity contribution is 5.42. The Kier molecular flexibility index (Phi) is 2.48. The van der Waals surface area contributed by atoms with Crippen LogP contribution in [-0.4, -0.2) is 4.98 Å². The second-order valence-corrected chi connectivity index (χ2v) is 3.72. The van der Waals surface area contributed by atoms with E-state index < -0.39 is 0 Å². The first-order chi connectivity index (χ1) is 6.38. The van der Waals surface area contributed by atoms with Crippen molar-refractivity contribution in [2.75, 3.05) is 5.73 Å². The lowest BCUT2D eigenvalue weighted by molar-refractivity contribution is 0.437. The fourth-order valence-corrected chi connectivity index (χ4v) is 2.09. The van der Waals surface area contributed by atoms with Gasteiger partial charge in [0.15, 0.2) is 0 Å². The molecule has 0 spiro atoms. The van der Waals surface area contributed by atoms with E-state index in [1.54, 1.807) is 12.3 Å². The topological polar surface area (TPSA) is 38.9 Å². The van der Waals surface area contributed by atoms with Crippen molar-refractivity contribution in [3.63, 3.8) is 0 Å². The van der Waals surface area contributed by atoms with E-state index in [4.69, 9.17) is 5.73 Å². The van der Waals surface area contributed by atoms with E-state index in [2.05, 4.69) is 11.1 Å². The number of hydrogen-bond donors (Lipinski definition) is 1. The van der Waals surface area contributed by atoms with Gasteiger partial charge in [0.1, 0.15) is 0 Å². The molecule has 1 aromatic heterocycles. The minimum atomic E-state index is 0.589. The van der Waals surface area contributed by atoms with Crippen LogP contribution in [0.5, 0.6) is 0 Å². The summed E-state index contributed by atoms with van der Waals surface area (Å²) < 4.78 is 0. The molecule has 0 unspecified atom stereocenters. The normalized spacial score (nSPS) is 18.8. The zero-order chi connectivity index (χ0) is 9.10. The highest BCUT2D eigenvalue weighted by atomic mass is 14.7. The van der Waals surface area contributed by atoms with Crippen molar-refractivity contribution < 1.29 is 0 Å². The molecule has 1 radical (unpaired) electrons. The van der Waals surface area contributed by atoms with Crippen molar-refractivity contribution >= 4 is 5.69 Å². The van der Waals surface area contributed by atoms with Gasteiger partial charge in [-0.3, -0.25) is 4.98 Å². The minimum Gasteiger partial charge on any atom is -0.397 e. The number of nitrogens with two attached hydrogens (primary N) is 1. The summed E-state index contributed by atoms with van der Waals surface area (Å²) in [6.07, 6.45) is 8.29. The van der Waals surface area contributed by atoms with Crippen LogP contribution in [0.2, 0.25) is 0 Å². The van der Waals surface area contributed by atoms with Gasteiger partial charge in [-0.25, -0.2) is 0 Å². The van der Waals surface area contributed by atoms with E-state index in [9.17, 15) is 0 Å². The zero-order valence-corrected chi connectivity index (χ0v) is 7.79. The van der Waals surface area contributed by atoms with Gasteiger partial charge in [0.25, 0.3) is 0 Å². The van der Waals surface area contributed by atoms with E-state index >= 15 is 0 Å². The second-order valence-electron chi connectivity index (χ2n) is 3.72. The third kappa shape index (κ3) is 1.82. The lowest BCUT2D eigenvalue weighted by atomic mass is 9.86. The third-order valence-electron chi connectivity index (χ3n) is 2.79. The summed E-state index contributed by atoms with van der Waals surface area (Å²) in [4.78, 5) is 4.35. The smallest absolute Gasteiger partial charge is 0.0669 e. The van der Waals surface area contributed by atoms with E-state index in [-0.39, 0.29) is 0 Å². The van der Waals surface area contributed by atoms with E-state index in [0.717, 1.165) is 11.4 Å². The predicted molar refractivity (Wildman–Crippen MR) is 53.3 cm³/mol. The SMILES string of the molecule is Nc1[c]ccnc1C1CCCCC1. The predicted octanol–water partition coefficient (Wildman–Crippen LogP) is 2.51. The number of nitrogens with zero attached hydrogens (tertiary/aromatic N) is 1. The number of anilines is 1. The maximum atomic E-state index is 5.83. The van der Waals surface area contributed by atoms with Gasteiger partial charge in [-0.15, -0.1) is 0 Å². The van der Waals surface area contributed by atoms with Crippen LogP contribution in [0.4, 0.5) is 5.69 Å². The van der Waals surface area contributed by atoms with Gasteiger partial charge in [0.2, 0.25) is 0 Å². The second kappa shape index (κ2) is 3.77. The molecular weight excluding hydrogens is 160 g/mol. The van der Waals surface area contributed by atoms with Gasteiger partial charge in [-0.05, 0) is 18.9 Å². The van der Waals surface area contributed by atoms with Crippen molar-refractivity contribution in [1.82, 2.24) is 4.98 Å². The Labute approximate surface area is 79.2 Å². The summed E-state index contributed by atoms with van der Waals surface area (Å²) in [5.41, 5.74) is 7.65. The van der Waals surface area contributed by atoms with Crippen LogP contribution in [0.3, 0.4) is 0 Å². The molecule has 69 valence electrons. The summed E-state index contributed by atoms with van der Waals surface area (Å²) >= 11 is 0. The molecule has 1 heterocycles. The van der Waals surface area contributed by atoms with Crippen molar-refractivity contribution in [2.45, 2.75) is 38.0 Å². The molecule has 0 amide bonds. The highest BCUT2D eigenvalue weighted by Gasteiger charge is 2.18. The highest BCUT2D eigenvalue weighted by Crippen LogP contribution is 2.33. The molecule has 1 saturated carbocycles. The van der Waals surface area contributed by atoms with Crippen molar-refractivity contribution in [2.24, 2.45) is 0 Å². The molecule has 0 aliphatic heterocycles. The first kappa shape index (κ1) is 8.54. The van der Waals surface area contributed by atoms with Gasteiger partial charge < -0.3 is 5.73 Å². The van der Waals surface area contributed by atoms with Gasteiger partial charge in [-0.2, -0.15) is 0 Å². The van der Waals surface area contributed by atoms with E-state index in [1.165, 1.54) is 32.1 Å². The average molecular weight is 175 g/mol. The van der Waals surface area contributed by atoms with Crippen molar-refractivity contribution in [3.8, 4) is 0 Å². The molecule has 13 heavy (non-hydrogen) atoms. The quantitative estimate of drug-likeness (QED) is 0.712. The van der Waals surface area contributed by atoms with Crippen LogP contribution in [0, 0.1) is 6.07 Å². The van der Waals surface area contributed by atoms with E-state index in [0.29, 0.717) is 5.92 Å². The van der Waals surface area contributed by atoms with Crippen LogP contribution in [-0.2, 0) is 0 Å². The summed E-state index contributed by atoms with van der Waals surface area (Å²) in [5.74, 6) is 0.589. The largest absolute Gasteiger partial charge is 0.397 e. The Bertz CT molecular complexity index is 277. The lowest BCUT2D eigenvalue weighted by Crippen LogP contribution is -2.09. The molecule has 2 nitrogen and oxygen atoms in total. The average Bonchev–Trinajstić information content (AvgIpc) is 2.20. The van der Waals surface area contributed by atoms with Gasteiger partial charge >= 0.3 is 0 Å². The van der Waals surface area contributed by atoms with Gasteiger partial charge in [0.05, 0.1) is 11.4 Å². The molecular formula is C11H15N2. The zero-order valence-electron chi connectivity index (χ0n) is 7.79. The molecule has 2 rings (SSSR count). The molecule has 0 bridgehead atoms. The first-order valence-electron chi connectivity index (χ1n) is 5.00. The summed E-state index contributed by atoms with van der Waals surface area (Å²) in [6.45, 7) is 0. The standard InChI is InChI=1S/C11H15N2/c12-10-7-4-8-13-11(10)9-5-2-1-3-6-9/h4,8-9H,1-3,5-6,12H2. The van der Waals surface area contributed by atoms with Gasteiger partial charge in [-0.1, -0.05) is 19.3 Å². The Hall–Kier alpha value is -1.05. The Balaban J connectivity index is 2.18. The van der Waals surface area contributed by atoms with E-state index in [1.807, 2.05) is 0 Å². The molecule has 1 aromatic rings. The lowest BCUT2D eigenvalue weighted by Gasteiger charge is -2.21. The summed E-state index contributed by atoms with van der Waals surface area (Å²) in [6, 6.07) is 4.79. The van der Waals surface area contributed by atoms with Gasteiger partial charge in [0, 0.05) is 18.2 Å². The molecule has 0 aromatic carbocycles. The number of nitrogen functional groups attached to an aromatic ring is 1. The Morgan fingerprint density at radius 3 is 2.77 bits per heavy atom. The van der Waals surface area contributed by atoms with Crippen molar-refractivity contribution in [3.05, 3.63) is 24.0 Å². The number of pyridine rings is 1. The first-order valence-corrected chi connectivity index (χ1v) is 5.00. The molecule has 2 heteroatoms. The monoisotopic (exact) mass is 175 g/mol. The summed E-state index contributed by atoms with van der Waals surface area (Å²) in [5, 5.41) is 0. The molecule has 2 N–H and O–H groups in total. The Morgan fingerprint density at radius 1 is 1.31 bits per heavy atom. The van der Waals surface area contributed by atoms with Crippen molar-refractivity contribution in [1.29, 1.82) is 0 Å². The number of aromatic nitrogens is 1. The number of hydrogen-bond acceptors (Lipinski definition) is 2. The molecule has 1 fully saturated rings. The maximum Gasteiger partial charge on any atom is 0.0669 e. The van der Waals surface area contributed by atoms with Crippen LogP contribution < -0.4 is 5.73 Å². The molecule has 0 saturated heterocycles. The molecule has 0 atom stereocenters. The fraction of sp³-hybridized carbons (Fsp3) is 0.545. The third-order valence-corrected chi connectivity index (χ3v) is 2.79. The van der Waals surface area contributed by atoms with Crippen LogP contribution >= 0.6 is 0 Å². The minimum absolute atomic E-state index is 0.589. The fourth-order valence-electron chi connectivity index (χ4n) is 2.09. The maximum absolute atomic E-state index is 5.83. The molecule has 1 aliphatic carbocycles. The Morgan fingerprint density at radius 2 is 2.08 bits per heavy atom.